The van der Waals surface area contributed by atoms with Gasteiger partial charge in [0.1, 0.15) is 11.5 Å². The minimum atomic E-state index is 0.922. The second-order valence-corrected chi connectivity index (χ2v) is 8.25. The molecule has 5 aromatic rings. The summed E-state index contributed by atoms with van der Waals surface area (Å²) in [5.74, 6) is 1.85. The zero-order chi connectivity index (χ0) is 19.2. The number of hydrogen-bond acceptors (Lipinski definition) is 2. The Bertz CT molecular complexity index is 1270. The van der Waals surface area contributed by atoms with Crippen molar-refractivity contribution in [1.29, 1.82) is 0 Å². The van der Waals surface area contributed by atoms with E-state index in [4.69, 9.17) is 4.74 Å². The molecule has 1 aliphatic rings. The van der Waals surface area contributed by atoms with Crippen LogP contribution in [-0.2, 0) is 0 Å². The fourth-order valence-corrected chi connectivity index (χ4v) is 4.76. The Hall–Kier alpha value is -3.43. The average molecular weight is 391 g/mol. The van der Waals surface area contributed by atoms with Gasteiger partial charge < -0.3 is 9.72 Å². The van der Waals surface area contributed by atoms with Crippen molar-refractivity contribution in [1.82, 2.24) is 4.98 Å². The molecule has 4 aromatic carbocycles. The van der Waals surface area contributed by atoms with E-state index in [2.05, 4.69) is 77.8 Å². The molecule has 29 heavy (non-hydrogen) atoms. The first-order chi connectivity index (χ1) is 14.3. The van der Waals surface area contributed by atoms with E-state index in [-0.39, 0.29) is 0 Å². The topological polar surface area (TPSA) is 25.0 Å². The Kier molecular flexibility index (Phi) is 3.74. The van der Waals surface area contributed by atoms with Gasteiger partial charge in [0.05, 0.1) is 9.79 Å². The van der Waals surface area contributed by atoms with E-state index in [1.807, 2.05) is 24.3 Å². The smallest absolute Gasteiger partial charge is 0.142 e. The standard InChI is InChI=1S/C26H17NOS/c1-2-6-17(7-3-1)18-10-12-19(13-11-18)21-14-20-15-24-26(16-22(20)27-21)29-25-9-5-4-8-23(25)28-24/h1-16,27H. The van der Waals surface area contributed by atoms with Gasteiger partial charge in [0.15, 0.2) is 0 Å². The van der Waals surface area contributed by atoms with Crippen molar-refractivity contribution in [3.63, 3.8) is 0 Å². The third-order valence-corrected chi connectivity index (χ3v) is 6.37. The molecule has 0 unspecified atom stereocenters. The number of para-hydroxylation sites is 1. The monoisotopic (exact) mass is 391 g/mol. The van der Waals surface area contributed by atoms with E-state index < -0.39 is 0 Å². The molecule has 0 radical (unpaired) electrons. The number of fused-ring (bicyclic) bond motifs is 3. The van der Waals surface area contributed by atoms with Crippen molar-refractivity contribution in [2.75, 3.05) is 0 Å². The molecule has 0 amide bonds. The van der Waals surface area contributed by atoms with Crippen LogP contribution in [-0.4, -0.2) is 4.98 Å². The molecule has 0 fully saturated rings. The minimum absolute atomic E-state index is 0.922. The highest BCUT2D eigenvalue weighted by molar-refractivity contribution is 7.99. The largest absolute Gasteiger partial charge is 0.455 e. The molecule has 6 rings (SSSR count). The molecule has 0 saturated carbocycles. The molecule has 0 spiro atoms. The molecule has 3 heteroatoms. The number of rotatable bonds is 2. The van der Waals surface area contributed by atoms with Gasteiger partial charge >= 0.3 is 0 Å². The van der Waals surface area contributed by atoms with Crippen molar-refractivity contribution in [2.45, 2.75) is 9.79 Å². The van der Waals surface area contributed by atoms with Crippen LogP contribution in [0, 0.1) is 0 Å². The quantitative estimate of drug-likeness (QED) is 0.326. The maximum atomic E-state index is 6.13. The van der Waals surface area contributed by atoms with Crippen molar-refractivity contribution in [3.8, 4) is 33.9 Å². The first-order valence-corrected chi connectivity index (χ1v) is 10.4. The third kappa shape index (κ3) is 2.91. The Morgan fingerprint density at radius 1 is 0.586 bits per heavy atom. The van der Waals surface area contributed by atoms with E-state index in [0.717, 1.165) is 37.9 Å². The van der Waals surface area contributed by atoms with Gasteiger partial charge in [-0.2, -0.15) is 0 Å². The van der Waals surface area contributed by atoms with Gasteiger partial charge in [-0.3, -0.25) is 0 Å². The lowest BCUT2D eigenvalue weighted by molar-refractivity contribution is 0.455. The predicted molar refractivity (Wildman–Crippen MR) is 120 cm³/mol. The number of H-pyrrole nitrogens is 1. The van der Waals surface area contributed by atoms with Gasteiger partial charge in [0, 0.05) is 16.6 Å². The second kappa shape index (κ2) is 6.57. The summed E-state index contributed by atoms with van der Waals surface area (Å²) in [7, 11) is 0. The summed E-state index contributed by atoms with van der Waals surface area (Å²) >= 11 is 1.76. The van der Waals surface area contributed by atoms with E-state index in [0.29, 0.717) is 0 Å². The first-order valence-electron chi connectivity index (χ1n) is 9.61. The maximum absolute atomic E-state index is 6.13. The van der Waals surface area contributed by atoms with Crippen LogP contribution in [0.1, 0.15) is 0 Å². The number of nitrogens with one attached hydrogen (secondary N) is 1. The summed E-state index contributed by atoms with van der Waals surface area (Å²) in [5.41, 5.74) is 5.88. The normalized spacial score (nSPS) is 12.3. The van der Waals surface area contributed by atoms with Crippen molar-refractivity contribution >= 4 is 22.7 Å². The Balaban J connectivity index is 1.36. The summed E-state index contributed by atoms with van der Waals surface area (Å²) in [6.45, 7) is 0. The molecule has 0 atom stereocenters. The molecular weight excluding hydrogens is 374 g/mol. The molecule has 138 valence electrons. The number of hydrogen-bond donors (Lipinski definition) is 1. The van der Waals surface area contributed by atoms with Gasteiger partial charge in [-0.1, -0.05) is 78.5 Å². The van der Waals surface area contributed by atoms with Crippen molar-refractivity contribution in [2.24, 2.45) is 0 Å². The number of aromatic amines is 1. The maximum Gasteiger partial charge on any atom is 0.142 e. The van der Waals surface area contributed by atoms with Gasteiger partial charge in [0.2, 0.25) is 0 Å². The number of ether oxygens (including phenoxy) is 1. The van der Waals surface area contributed by atoms with Crippen LogP contribution in [0.3, 0.4) is 0 Å². The molecule has 0 saturated heterocycles. The fourth-order valence-electron chi connectivity index (χ4n) is 3.78. The second-order valence-electron chi connectivity index (χ2n) is 7.16. The van der Waals surface area contributed by atoms with E-state index in [1.54, 1.807) is 11.8 Å². The van der Waals surface area contributed by atoms with Crippen LogP contribution in [0.5, 0.6) is 11.5 Å². The molecule has 0 bridgehead atoms. The van der Waals surface area contributed by atoms with Crippen LogP contribution < -0.4 is 4.74 Å². The molecule has 2 nitrogen and oxygen atoms in total. The van der Waals surface area contributed by atoms with E-state index in [1.165, 1.54) is 16.7 Å². The Labute approximate surface area is 173 Å². The van der Waals surface area contributed by atoms with Crippen LogP contribution in [0.2, 0.25) is 0 Å². The highest BCUT2D eigenvalue weighted by Crippen LogP contribution is 2.48. The zero-order valence-electron chi connectivity index (χ0n) is 15.6. The molecule has 1 N–H and O–H groups in total. The number of benzene rings is 4. The van der Waals surface area contributed by atoms with Crippen molar-refractivity contribution in [3.05, 3.63) is 97.1 Å². The Morgan fingerprint density at radius 2 is 1.31 bits per heavy atom. The van der Waals surface area contributed by atoms with Gasteiger partial charge in [0.25, 0.3) is 0 Å². The summed E-state index contributed by atoms with van der Waals surface area (Å²) in [4.78, 5) is 5.87. The lowest BCUT2D eigenvalue weighted by Gasteiger charge is -2.19. The van der Waals surface area contributed by atoms with Crippen LogP contribution in [0.15, 0.2) is 107 Å². The Morgan fingerprint density at radius 3 is 2.17 bits per heavy atom. The van der Waals surface area contributed by atoms with Gasteiger partial charge in [-0.15, -0.1) is 0 Å². The lowest BCUT2D eigenvalue weighted by Crippen LogP contribution is -1.94. The SMILES string of the molecule is c1ccc(-c2ccc(-c3cc4cc5c(cc4[nH]3)Sc3ccccc3O5)cc2)cc1. The third-order valence-electron chi connectivity index (χ3n) is 5.28. The number of aromatic nitrogens is 1. The van der Waals surface area contributed by atoms with Gasteiger partial charge in [-0.25, -0.2) is 0 Å². The van der Waals surface area contributed by atoms with Crippen LogP contribution in [0.25, 0.3) is 33.3 Å². The fraction of sp³-hybridized carbons (Fsp3) is 0. The molecule has 1 aromatic heterocycles. The summed E-state index contributed by atoms with van der Waals surface area (Å²) < 4.78 is 6.13. The van der Waals surface area contributed by atoms with Gasteiger partial charge in [-0.05, 0) is 47.0 Å². The van der Waals surface area contributed by atoms with Crippen molar-refractivity contribution < 1.29 is 4.74 Å². The van der Waals surface area contributed by atoms with E-state index >= 15 is 0 Å². The molecule has 0 aliphatic carbocycles. The lowest BCUT2D eigenvalue weighted by atomic mass is 10.0. The van der Waals surface area contributed by atoms with E-state index in [9.17, 15) is 0 Å². The van der Waals surface area contributed by atoms with Crippen LogP contribution >= 0.6 is 11.8 Å². The predicted octanol–water partition coefficient (Wildman–Crippen LogP) is 7.76. The average Bonchev–Trinajstić information content (AvgIpc) is 3.19. The van der Waals surface area contributed by atoms with Crippen LogP contribution in [0.4, 0.5) is 0 Å². The summed E-state index contributed by atoms with van der Waals surface area (Å²) in [5, 5.41) is 1.16. The minimum Gasteiger partial charge on any atom is -0.455 e. The zero-order valence-corrected chi connectivity index (χ0v) is 16.4. The highest BCUT2D eigenvalue weighted by Gasteiger charge is 2.19. The highest BCUT2D eigenvalue weighted by atomic mass is 32.2. The summed E-state index contributed by atoms with van der Waals surface area (Å²) in [6.07, 6.45) is 0. The molecular formula is C26H17NOS. The summed E-state index contributed by atoms with van der Waals surface area (Å²) in [6, 6.07) is 33.9. The molecule has 1 aliphatic heterocycles. The molecule has 2 heterocycles. The first kappa shape index (κ1) is 16.5.